The van der Waals surface area contributed by atoms with E-state index in [9.17, 15) is 9.59 Å². The van der Waals surface area contributed by atoms with Crippen molar-refractivity contribution in [3.05, 3.63) is 0 Å². The van der Waals surface area contributed by atoms with E-state index in [2.05, 4.69) is 0 Å². The summed E-state index contributed by atoms with van der Waals surface area (Å²) < 4.78 is 9.49. The Balaban J connectivity index is 3.92. The van der Waals surface area contributed by atoms with E-state index in [4.69, 9.17) is 15.2 Å². The third-order valence-corrected chi connectivity index (χ3v) is 1.99. The van der Waals surface area contributed by atoms with Crippen molar-refractivity contribution in [2.45, 2.75) is 40.7 Å². The number of nitrogens with two attached hydrogens (primary N) is 1. The van der Waals surface area contributed by atoms with Gasteiger partial charge in [-0.2, -0.15) is 0 Å². The molecule has 0 fully saturated rings. The first-order valence-electron chi connectivity index (χ1n) is 5.25. The van der Waals surface area contributed by atoms with Crippen LogP contribution in [-0.4, -0.2) is 24.8 Å². The number of hydrogen-bond donors (Lipinski definition) is 1. The molecule has 94 valence electrons. The Labute approximate surface area is 96.3 Å². The van der Waals surface area contributed by atoms with E-state index in [1.54, 1.807) is 20.8 Å². The minimum Gasteiger partial charge on any atom is -0.427 e. The van der Waals surface area contributed by atoms with Gasteiger partial charge in [-0.25, -0.2) is 0 Å². The number of carbonyl (C=O) groups is 2. The minimum absolute atomic E-state index is 0.00850. The maximum absolute atomic E-state index is 11.3. The zero-order valence-corrected chi connectivity index (χ0v) is 10.6. The molecule has 0 rings (SSSR count). The molecule has 0 bridgehead atoms. The average molecular weight is 231 g/mol. The lowest BCUT2D eigenvalue weighted by molar-refractivity contribution is -0.174. The van der Waals surface area contributed by atoms with Gasteiger partial charge in [-0.3, -0.25) is 9.59 Å². The molecule has 0 aromatic rings. The summed E-state index contributed by atoms with van der Waals surface area (Å²) in [5, 5.41) is 0. The molecule has 0 aliphatic rings. The van der Waals surface area contributed by atoms with Gasteiger partial charge in [0.15, 0.2) is 0 Å². The molecule has 0 spiro atoms. The van der Waals surface area contributed by atoms with Gasteiger partial charge in [0.05, 0.1) is 5.41 Å². The maximum atomic E-state index is 11.3. The minimum atomic E-state index is -0.687. The maximum Gasteiger partial charge on any atom is 0.326 e. The highest BCUT2D eigenvalue weighted by Gasteiger charge is 2.24. The molecular formula is C11H21NO4. The van der Waals surface area contributed by atoms with Crippen LogP contribution < -0.4 is 5.73 Å². The normalized spacial score (nSPS) is 13.4. The van der Waals surface area contributed by atoms with Crippen molar-refractivity contribution in [1.29, 1.82) is 0 Å². The molecule has 5 heteroatoms. The first kappa shape index (κ1) is 14.9. The van der Waals surface area contributed by atoms with Crippen LogP contribution in [0, 0.1) is 11.3 Å². The van der Waals surface area contributed by atoms with Crippen molar-refractivity contribution in [1.82, 2.24) is 0 Å². The van der Waals surface area contributed by atoms with E-state index in [1.165, 1.54) is 0 Å². The fourth-order valence-corrected chi connectivity index (χ4v) is 0.726. The first-order valence-corrected chi connectivity index (χ1v) is 5.25. The predicted molar refractivity (Wildman–Crippen MR) is 59.3 cm³/mol. The molecular weight excluding hydrogens is 210 g/mol. The molecule has 0 saturated carbocycles. The Kier molecular flexibility index (Phi) is 5.44. The van der Waals surface area contributed by atoms with Crippen LogP contribution in [0.3, 0.4) is 0 Å². The van der Waals surface area contributed by atoms with Gasteiger partial charge in [-0.15, -0.1) is 0 Å². The molecule has 1 atom stereocenters. The molecule has 0 aliphatic heterocycles. The van der Waals surface area contributed by atoms with Crippen LogP contribution in [0.5, 0.6) is 0 Å². The number of hydrogen-bond acceptors (Lipinski definition) is 5. The summed E-state index contributed by atoms with van der Waals surface area (Å²) in [6, 6.07) is -0.687. The summed E-state index contributed by atoms with van der Waals surface area (Å²) in [5.74, 6) is -0.985. The van der Waals surface area contributed by atoms with Crippen LogP contribution in [0.15, 0.2) is 0 Å². The van der Waals surface area contributed by atoms with Crippen LogP contribution in [0.25, 0.3) is 0 Å². The van der Waals surface area contributed by atoms with Gasteiger partial charge in [0.25, 0.3) is 0 Å². The molecule has 2 N–H and O–H groups in total. The third kappa shape index (κ3) is 5.11. The predicted octanol–water partition coefficient (Wildman–Crippen LogP) is 1.06. The van der Waals surface area contributed by atoms with E-state index in [1.807, 2.05) is 13.8 Å². The van der Waals surface area contributed by atoms with Gasteiger partial charge in [0.1, 0.15) is 6.04 Å². The second-order valence-corrected chi connectivity index (χ2v) is 5.03. The second-order valence-electron chi connectivity index (χ2n) is 5.03. The lowest BCUT2D eigenvalue weighted by Crippen LogP contribution is -2.37. The lowest BCUT2D eigenvalue weighted by Gasteiger charge is -2.18. The molecule has 0 heterocycles. The van der Waals surface area contributed by atoms with Gasteiger partial charge < -0.3 is 15.2 Å². The quantitative estimate of drug-likeness (QED) is 0.578. The molecule has 1 unspecified atom stereocenters. The highest BCUT2D eigenvalue weighted by molar-refractivity contribution is 5.77. The van der Waals surface area contributed by atoms with Crippen molar-refractivity contribution >= 4 is 11.9 Å². The average Bonchev–Trinajstić information content (AvgIpc) is 2.14. The smallest absolute Gasteiger partial charge is 0.326 e. The standard InChI is InChI=1S/C11H21NO4/c1-7(2)8(12)9(13)15-6-16-10(14)11(3,4)5/h7-8H,6,12H2,1-5H3. The Hall–Kier alpha value is -1.10. The fraction of sp³-hybridized carbons (Fsp3) is 0.818. The molecule has 0 aliphatic carbocycles. The molecule has 0 saturated heterocycles. The van der Waals surface area contributed by atoms with Crippen molar-refractivity contribution < 1.29 is 19.1 Å². The second kappa shape index (κ2) is 5.84. The lowest BCUT2D eigenvalue weighted by atomic mass is 9.98. The molecule has 5 nitrogen and oxygen atoms in total. The SMILES string of the molecule is CC(C)C(N)C(=O)OCOC(=O)C(C)(C)C. The first-order chi connectivity index (χ1) is 7.16. The Morgan fingerprint density at radius 1 is 1.19 bits per heavy atom. The third-order valence-electron chi connectivity index (χ3n) is 1.99. The largest absolute Gasteiger partial charge is 0.427 e. The summed E-state index contributed by atoms with van der Waals surface area (Å²) in [4.78, 5) is 22.6. The summed E-state index contributed by atoms with van der Waals surface area (Å²) >= 11 is 0. The Morgan fingerprint density at radius 2 is 1.69 bits per heavy atom. The Morgan fingerprint density at radius 3 is 2.06 bits per heavy atom. The molecule has 0 amide bonds. The zero-order valence-electron chi connectivity index (χ0n) is 10.6. The van der Waals surface area contributed by atoms with Crippen molar-refractivity contribution in [2.24, 2.45) is 17.1 Å². The van der Waals surface area contributed by atoms with Crippen LogP contribution in [0.1, 0.15) is 34.6 Å². The van der Waals surface area contributed by atoms with E-state index in [0.717, 1.165) is 0 Å². The van der Waals surface area contributed by atoms with Crippen molar-refractivity contribution in [3.8, 4) is 0 Å². The van der Waals surface area contributed by atoms with Gasteiger partial charge >= 0.3 is 11.9 Å². The van der Waals surface area contributed by atoms with E-state index in [-0.39, 0.29) is 12.7 Å². The van der Waals surface area contributed by atoms with Crippen LogP contribution in [0.2, 0.25) is 0 Å². The Bertz CT molecular complexity index is 255. The van der Waals surface area contributed by atoms with Crippen molar-refractivity contribution in [2.75, 3.05) is 6.79 Å². The fourth-order valence-electron chi connectivity index (χ4n) is 0.726. The van der Waals surface area contributed by atoms with Gasteiger partial charge in [-0.05, 0) is 26.7 Å². The van der Waals surface area contributed by atoms with E-state index < -0.39 is 23.4 Å². The van der Waals surface area contributed by atoms with E-state index in [0.29, 0.717) is 0 Å². The van der Waals surface area contributed by atoms with Gasteiger partial charge in [0, 0.05) is 0 Å². The highest BCUT2D eigenvalue weighted by Crippen LogP contribution is 2.14. The topological polar surface area (TPSA) is 78.6 Å². The van der Waals surface area contributed by atoms with Gasteiger partial charge in [-0.1, -0.05) is 13.8 Å². The van der Waals surface area contributed by atoms with Crippen molar-refractivity contribution in [3.63, 3.8) is 0 Å². The molecule has 16 heavy (non-hydrogen) atoms. The summed E-state index contributed by atoms with van der Waals surface area (Å²) in [6.45, 7) is 8.40. The van der Waals surface area contributed by atoms with E-state index >= 15 is 0 Å². The van der Waals surface area contributed by atoms with Gasteiger partial charge in [0.2, 0.25) is 6.79 Å². The highest BCUT2D eigenvalue weighted by atomic mass is 16.7. The molecule has 0 radical (unpaired) electrons. The number of ether oxygens (including phenoxy) is 2. The molecule has 0 aromatic heterocycles. The van der Waals surface area contributed by atoms with Crippen LogP contribution >= 0.6 is 0 Å². The summed E-state index contributed by atoms with van der Waals surface area (Å²) in [7, 11) is 0. The molecule has 0 aromatic carbocycles. The number of esters is 2. The summed E-state index contributed by atoms with van der Waals surface area (Å²) in [6.07, 6.45) is 0. The van der Waals surface area contributed by atoms with Crippen LogP contribution in [0.4, 0.5) is 0 Å². The number of rotatable bonds is 4. The van der Waals surface area contributed by atoms with Crippen LogP contribution in [-0.2, 0) is 19.1 Å². The summed E-state index contributed by atoms with van der Waals surface area (Å²) in [5.41, 5.74) is 4.94. The zero-order chi connectivity index (χ0) is 12.9. The number of carbonyl (C=O) groups excluding carboxylic acids is 2. The monoisotopic (exact) mass is 231 g/mol.